The van der Waals surface area contributed by atoms with Gasteiger partial charge in [0.25, 0.3) is 5.89 Å². The van der Waals surface area contributed by atoms with Gasteiger partial charge < -0.3 is 9.73 Å². The molecule has 1 atom stereocenters. The van der Waals surface area contributed by atoms with E-state index in [1.807, 2.05) is 37.3 Å². The summed E-state index contributed by atoms with van der Waals surface area (Å²) in [5.41, 5.74) is 3.48. The Kier molecular flexibility index (Phi) is 6.00. The molecule has 0 amide bonds. The Labute approximate surface area is 232 Å². The summed E-state index contributed by atoms with van der Waals surface area (Å²) in [7, 11) is 0. The third-order valence-corrected chi connectivity index (χ3v) is 7.85. The summed E-state index contributed by atoms with van der Waals surface area (Å²) in [6.45, 7) is 1.90. The molecule has 5 aromatic rings. The number of anilines is 1. The van der Waals surface area contributed by atoms with Gasteiger partial charge in [-0.2, -0.15) is 0 Å². The summed E-state index contributed by atoms with van der Waals surface area (Å²) in [5.74, 6) is 0.741. The van der Waals surface area contributed by atoms with E-state index in [2.05, 4.69) is 30.5 Å². The molecule has 1 aliphatic heterocycles. The molecule has 2 aromatic carbocycles. The molecule has 0 bridgehead atoms. The predicted octanol–water partition coefficient (Wildman–Crippen LogP) is 5.38. The van der Waals surface area contributed by atoms with E-state index in [1.165, 1.54) is 17.4 Å². The lowest BCUT2D eigenvalue weighted by atomic mass is 9.95. The van der Waals surface area contributed by atoms with Crippen molar-refractivity contribution in [2.75, 3.05) is 5.32 Å². The van der Waals surface area contributed by atoms with Crippen LogP contribution < -0.4 is 5.32 Å². The minimum absolute atomic E-state index is 0.00729. The Morgan fingerprint density at radius 2 is 1.80 bits per heavy atom. The van der Waals surface area contributed by atoms with Gasteiger partial charge in [0.05, 0.1) is 15.6 Å². The number of carbonyl (C=O) groups excluding carboxylic acids is 1. The van der Waals surface area contributed by atoms with Gasteiger partial charge in [-0.15, -0.1) is 16.4 Å². The first kappa shape index (κ1) is 24.4. The SMILES string of the molecule is Cc1nc(-c2nnc(N[C@@H]3N=C(c4ccccc4)c4cccc(F)c4CC3=O)o2)c(-c2cnc(C3CC3)nc2)s1. The summed E-state index contributed by atoms with van der Waals surface area (Å²) in [5, 5.41) is 12.1. The largest absolute Gasteiger partial charge is 0.402 e. The molecule has 2 aliphatic rings. The Hall–Kier alpha value is -4.64. The summed E-state index contributed by atoms with van der Waals surface area (Å²) in [6, 6.07) is 14.1. The number of aromatic nitrogens is 5. The number of nitrogens with zero attached hydrogens (tertiary/aromatic N) is 6. The van der Waals surface area contributed by atoms with Crippen LogP contribution in [0.4, 0.5) is 10.4 Å². The van der Waals surface area contributed by atoms with Gasteiger partial charge in [0, 0.05) is 47.0 Å². The second kappa shape index (κ2) is 9.83. The number of thiazole rings is 1. The lowest BCUT2D eigenvalue weighted by molar-refractivity contribution is -0.119. The molecule has 0 spiro atoms. The quantitative estimate of drug-likeness (QED) is 0.299. The maximum atomic E-state index is 14.8. The molecule has 1 aliphatic carbocycles. The molecule has 1 N–H and O–H groups in total. The monoisotopic (exact) mass is 551 g/mol. The number of nitrogens with one attached hydrogen (secondary N) is 1. The Bertz CT molecular complexity index is 1760. The van der Waals surface area contributed by atoms with Gasteiger partial charge in [-0.1, -0.05) is 47.6 Å². The predicted molar refractivity (Wildman–Crippen MR) is 148 cm³/mol. The van der Waals surface area contributed by atoms with E-state index in [-0.39, 0.29) is 24.1 Å². The fourth-order valence-electron chi connectivity index (χ4n) is 4.71. The Morgan fingerprint density at radius 1 is 1.00 bits per heavy atom. The lowest BCUT2D eigenvalue weighted by Crippen LogP contribution is -2.29. The maximum absolute atomic E-state index is 14.8. The average molecular weight is 552 g/mol. The van der Waals surface area contributed by atoms with E-state index in [4.69, 9.17) is 9.41 Å². The second-order valence-corrected chi connectivity index (χ2v) is 10.9. The molecular formula is C29H22FN7O2S. The maximum Gasteiger partial charge on any atom is 0.317 e. The van der Waals surface area contributed by atoms with E-state index in [0.29, 0.717) is 28.5 Å². The minimum Gasteiger partial charge on any atom is -0.402 e. The average Bonchev–Trinajstić information content (AvgIpc) is 3.63. The zero-order valence-electron chi connectivity index (χ0n) is 21.3. The van der Waals surface area contributed by atoms with Gasteiger partial charge in [-0.25, -0.2) is 19.3 Å². The van der Waals surface area contributed by atoms with Crippen LogP contribution in [0.25, 0.3) is 22.0 Å². The van der Waals surface area contributed by atoms with Crippen molar-refractivity contribution in [3.63, 3.8) is 0 Å². The zero-order valence-corrected chi connectivity index (χ0v) is 22.2. The van der Waals surface area contributed by atoms with Crippen molar-refractivity contribution in [1.29, 1.82) is 0 Å². The molecule has 4 heterocycles. The molecule has 40 heavy (non-hydrogen) atoms. The molecular weight excluding hydrogens is 529 g/mol. The number of benzene rings is 2. The number of halogens is 1. The summed E-state index contributed by atoms with van der Waals surface area (Å²) >= 11 is 1.48. The van der Waals surface area contributed by atoms with Crippen molar-refractivity contribution in [3.8, 4) is 22.0 Å². The Morgan fingerprint density at radius 3 is 2.58 bits per heavy atom. The zero-order chi connectivity index (χ0) is 27.2. The fourth-order valence-corrected chi connectivity index (χ4v) is 5.60. The van der Waals surface area contributed by atoms with E-state index in [0.717, 1.165) is 39.7 Å². The molecule has 0 saturated heterocycles. The lowest BCUT2D eigenvalue weighted by Gasteiger charge is -2.11. The number of hydrogen-bond acceptors (Lipinski definition) is 10. The van der Waals surface area contributed by atoms with Crippen LogP contribution in [0.1, 0.15) is 46.3 Å². The first-order chi connectivity index (χ1) is 19.5. The van der Waals surface area contributed by atoms with Crippen LogP contribution in [0, 0.1) is 12.7 Å². The van der Waals surface area contributed by atoms with Gasteiger partial charge in [0.15, 0.2) is 11.9 Å². The second-order valence-electron chi connectivity index (χ2n) is 9.73. The highest BCUT2D eigenvalue weighted by molar-refractivity contribution is 7.15. The summed E-state index contributed by atoms with van der Waals surface area (Å²) in [4.78, 5) is 32.4. The highest BCUT2D eigenvalue weighted by atomic mass is 32.1. The van der Waals surface area contributed by atoms with Gasteiger partial charge in [-0.3, -0.25) is 9.79 Å². The van der Waals surface area contributed by atoms with E-state index in [9.17, 15) is 9.18 Å². The minimum atomic E-state index is -1.06. The molecule has 7 rings (SSSR count). The number of aryl methyl sites for hydroxylation is 1. The van der Waals surface area contributed by atoms with Crippen LogP contribution in [0.5, 0.6) is 0 Å². The number of aliphatic imine (C=N–C) groups is 1. The first-order valence-corrected chi connectivity index (χ1v) is 13.7. The normalized spacial score (nSPS) is 16.8. The van der Waals surface area contributed by atoms with Crippen molar-refractivity contribution < 1.29 is 13.6 Å². The van der Waals surface area contributed by atoms with Crippen LogP contribution >= 0.6 is 11.3 Å². The van der Waals surface area contributed by atoms with Crippen LogP contribution in [0.15, 0.2) is 70.3 Å². The number of rotatable bonds is 6. The number of Topliss-reactive ketones (excluding diaryl/α,β-unsaturated/α-hetero) is 1. The van der Waals surface area contributed by atoms with Crippen molar-refractivity contribution in [2.45, 2.75) is 38.3 Å². The third kappa shape index (κ3) is 4.58. The molecule has 1 fully saturated rings. The molecule has 0 radical (unpaired) electrons. The fraction of sp³-hybridized carbons (Fsp3) is 0.207. The van der Waals surface area contributed by atoms with Crippen LogP contribution in [0.3, 0.4) is 0 Å². The molecule has 0 unspecified atom stereocenters. The summed E-state index contributed by atoms with van der Waals surface area (Å²) in [6.07, 6.45) is 4.66. The van der Waals surface area contributed by atoms with E-state index >= 15 is 0 Å². The number of ketones is 1. The van der Waals surface area contributed by atoms with E-state index < -0.39 is 12.0 Å². The molecule has 1 saturated carbocycles. The first-order valence-electron chi connectivity index (χ1n) is 12.9. The smallest absolute Gasteiger partial charge is 0.317 e. The molecule has 3 aromatic heterocycles. The summed E-state index contributed by atoms with van der Waals surface area (Å²) < 4.78 is 20.7. The number of carbonyl (C=O) groups is 1. The van der Waals surface area contributed by atoms with Gasteiger partial charge in [-0.05, 0) is 25.8 Å². The van der Waals surface area contributed by atoms with Crippen molar-refractivity contribution >= 4 is 28.8 Å². The molecule has 11 heteroatoms. The van der Waals surface area contributed by atoms with Gasteiger partial charge in [0.1, 0.15) is 17.3 Å². The molecule has 198 valence electrons. The molecule has 9 nitrogen and oxygen atoms in total. The number of hydrogen-bond donors (Lipinski definition) is 1. The van der Waals surface area contributed by atoms with E-state index in [1.54, 1.807) is 24.5 Å². The van der Waals surface area contributed by atoms with Crippen molar-refractivity contribution in [1.82, 2.24) is 25.1 Å². The topological polar surface area (TPSA) is 119 Å². The highest BCUT2D eigenvalue weighted by Crippen LogP contribution is 2.40. The van der Waals surface area contributed by atoms with Crippen LogP contribution in [0.2, 0.25) is 0 Å². The third-order valence-electron chi connectivity index (χ3n) is 6.83. The van der Waals surface area contributed by atoms with Gasteiger partial charge in [0.2, 0.25) is 0 Å². The van der Waals surface area contributed by atoms with Crippen LogP contribution in [-0.2, 0) is 11.2 Å². The highest BCUT2D eigenvalue weighted by Gasteiger charge is 2.30. The van der Waals surface area contributed by atoms with Gasteiger partial charge >= 0.3 is 6.01 Å². The standard InChI is InChI=1S/C29H22FN7O2S/c1-15-33-24(25(40-15)18-13-31-26(32-14-18)17-10-11-17)28-36-37-29(39-28)35-27-22(38)12-20-19(8-5-9-21(20)30)23(34-27)16-6-3-2-4-7-16/h2-9,13-14,17,27H,10-12H2,1H3,(H,35,37)/t27-/m0/s1. The Balaban J connectivity index is 1.21. The van der Waals surface area contributed by atoms with Crippen molar-refractivity contribution in [2.24, 2.45) is 4.99 Å². The van der Waals surface area contributed by atoms with Crippen molar-refractivity contribution in [3.05, 3.63) is 94.3 Å². The number of fused-ring (bicyclic) bond motifs is 1. The van der Waals surface area contributed by atoms with Crippen LogP contribution in [-0.4, -0.2) is 42.8 Å².